The van der Waals surface area contributed by atoms with Crippen LogP contribution in [0, 0.1) is 0 Å². The summed E-state index contributed by atoms with van der Waals surface area (Å²) in [5, 5.41) is 5.78. The Morgan fingerprint density at radius 3 is 2.39 bits per heavy atom. The number of hydrogen-bond acceptors (Lipinski definition) is 4. The van der Waals surface area contributed by atoms with Crippen LogP contribution in [0.1, 0.15) is 40.4 Å². The van der Waals surface area contributed by atoms with E-state index < -0.39 is 41.1 Å². The minimum absolute atomic E-state index is 0.0298. The van der Waals surface area contributed by atoms with Crippen LogP contribution in [-0.4, -0.2) is 48.2 Å². The lowest BCUT2D eigenvalue weighted by atomic mass is 9.79. The first kappa shape index (κ1) is 27.1. The third-order valence-electron chi connectivity index (χ3n) is 6.17. The highest BCUT2D eigenvalue weighted by Gasteiger charge is 2.38. The summed E-state index contributed by atoms with van der Waals surface area (Å²) in [6.07, 6.45) is -4.45. The molecule has 1 unspecified atom stereocenters. The van der Waals surface area contributed by atoms with Crippen molar-refractivity contribution in [1.29, 1.82) is 0 Å². The second kappa shape index (κ2) is 10.4. The molecule has 2 aromatic carbocycles. The first-order valence-electron chi connectivity index (χ1n) is 10.9. The molecular weight excluding hydrogens is 558 g/mol. The molecule has 192 valence electrons. The van der Waals surface area contributed by atoms with Crippen molar-refractivity contribution in [3.8, 4) is 0 Å². The number of nitrogens with zero attached hydrogens (tertiary/aromatic N) is 1. The van der Waals surface area contributed by atoms with E-state index in [2.05, 4.69) is 15.6 Å². The van der Waals surface area contributed by atoms with E-state index in [1.165, 1.54) is 6.07 Å². The lowest BCUT2D eigenvalue weighted by molar-refractivity contribution is -0.137. The zero-order chi connectivity index (χ0) is 26.3. The standard InChI is InChI=1S/C24H21Cl3F3N3O2S/c1-23(13-5-17(25)21(27)18(26)6-13)7-19(32-11-23)12-2-3-15(16(4-12)24(28,29)30)22(35)31-8-20(34)33-14-9-36-10-14/h2-6,14H,7-11H2,1H3,(H,31,35)(H,33,34). The molecule has 2 N–H and O–H groups in total. The van der Waals surface area contributed by atoms with E-state index in [0.29, 0.717) is 18.7 Å². The highest BCUT2D eigenvalue weighted by Crippen LogP contribution is 2.41. The van der Waals surface area contributed by atoms with Gasteiger partial charge in [-0.15, -0.1) is 0 Å². The highest BCUT2D eigenvalue weighted by atomic mass is 35.5. The van der Waals surface area contributed by atoms with E-state index in [1.54, 1.807) is 23.9 Å². The summed E-state index contributed by atoms with van der Waals surface area (Å²) < 4.78 is 41.7. The number of benzene rings is 2. The van der Waals surface area contributed by atoms with Gasteiger partial charge in [0, 0.05) is 41.6 Å². The molecule has 4 rings (SSSR count). The van der Waals surface area contributed by atoms with E-state index in [1.807, 2.05) is 6.92 Å². The average molecular weight is 579 g/mol. The Labute approximate surface area is 225 Å². The fourth-order valence-electron chi connectivity index (χ4n) is 4.05. The second-order valence-corrected chi connectivity index (χ2v) is 11.3. The Morgan fingerprint density at radius 1 is 1.14 bits per heavy atom. The Balaban J connectivity index is 1.52. The molecule has 2 aromatic rings. The van der Waals surface area contributed by atoms with Crippen LogP contribution in [0.3, 0.4) is 0 Å². The Kier molecular flexibility index (Phi) is 7.86. The van der Waals surface area contributed by atoms with Crippen LogP contribution in [0.5, 0.6) is 0 Å². The summed E-state index contributed by atoms with van der Waals surface area (Å²) in [6, 6.07) is 6.87. The summed E-state index contributed by atoms with van der Waals surface area (Å²) in [4.78, 5) is 29.0. The summed E-state index contributed by atoms with van der Waals surface area (Å²) in [5.41, 5.74) is -0.707. The van der Waals surface area contributed by atoms with Gasteiger partial charge in [-0.05, 0) is 35.4 Å². The van der Waals surface area contributed by atoms with Crippen molar-refractivity contribution in [2.24, 2.45) is 4.99 Å². The van der Waals surface area contributed by atoms with Gasteiger partial charge in [-0.3, -0.25) is 14.6 Å². The molecule has 2 heterocycles. The lowest BCUT2D eigenvalue weighted by Gasteiger charge is -2.25. The van der Waals surface area contributed by atoms with Crippen LogP contribution in [0.15, 0.2) is 35.3 Å². The third kappa shape index (κ3) is 5.79. The van der Waals surface area contributed by atoms with Crippen molar-refractivity contribution in [2.45, 2.75) is 31.0 Å². The van der Waals surface area contributed by atoms with Gasteiger partial charge in [0.2, 0.25) is 5.91 Å². The van der Waals surface area contributed by atoms with Crippen LogP contribution in [0.2, 0.25) is 15.1 Å². The predicted octanol–water partition coefficient (Wildman–Crippen LogP) is 5.78. The number of alkyl halides is 3. The number of thioether (sulfide) groups is 1. The van der Waals surface area contributed by atoms with Crippen molar-refractivity contribution < 1.29 is 22.8 Å². The lowest BCUT2D eigenvalue weighted by Crippen LogP contribution is -2.47. The summed E-state index contributed by atoms with van der Waals surface area (Å²) in [6.45, 7) is 1.82. The molecule has 2 amide bonds. The van der Waals surface area contributed by atoms with Crippen LogP contribution in [0.4, 0.5) is 13.2 Å². The molecule has 0 aliphatic carbocycles. The topological polar surface area (TPSA) is 70.6 Å². The maximum Gasteiger partial charge on any atom is 0.417 e. The Morgan fingerprint density at radius 2 is 1.81 bits per heavy atom. The van der Waals surface area contributed by atoms with Crippen molar-refractivity contribution >= 4 is 64.1 Å². The van der Waals surface area contributed by atoms with Crippen LogP contribution < -0.4 is 10.6 Å². The number of rotatable bonds is 6. The van der Waals surface area contributed by atoms with E-state index >= 15 is 0 Å². The largest absolute Gasteiger partial charge is 0.417 e. The van der Waals surface area contributed by atoms with E-state index in [4.69, 9.17) is 34.8 Å². The zero-order valence-electron chi connectivity index (χ0n) is 18.9. The van der Waals surface area contributed by atoms with Gasteiger partial charge < -0.3 is 10.6 Å². The van der Waals surface area contributed by atoms with Crippen LogP contribution in [-0.2, 0) is 16.4 Å². The van der Waals surface area contributed by atoms with Crippen molar-refractivity contribution in [2.75, 3.05) is 24.6 Å². The van der Waals surface area contributed by atoms with Crippen molar-refractivity contribution in [1.82, 2.24) is 10.6 Å². The minimum atomic E-state index is -4.78. The normalized spacial score (nSPS) is 20.0. The number of hydrogen-bond donors (Lipinski definition) is 2. The zero-order valence-corrected chi connectivity index (χ0v) is 22.0. The van der Waals surface area contributed by atoms with Gasteiger partial charge in [0.05, 0.1) is 32.7 Å². The Hall–Kier alpha value is -1.94. The third-order valence-corrected chi connectivity index (χ3v) is 8.65. The summed E-state index contributed by atoms with van der Waals surface area (Å²) in [5.74, 6) is 0.136. The molecule has 5 nitrogen and oxygen atoms in total. The van der Waals surface area contributed by atoms with Gasteiger partial charge in [0.1, 0.15) is 0 Å². The number of carbonyl (C=O) groups excluding carboxylic acids is 2. The maximum atomic E-state index is 13.9. The molecule has 12 heteroatoms. The molecule has 1 fully saturated rings. The van der Waals surface area contributed by atoms with Gasteiger partial charge >= 0.3 is 6.18 Å². The van der Waals surface area contributed by atoms with Gasteiger partial charge in [0.15, 0.2) is 0 Å². The number of halogens is 6. The van der Waals surface area contributed by atoms with Crippen LogP contribution in [0.25, 0.3) is 0 Å². The monoisotopic (exact) mass is 577 g/mol. The highest BCUT2D eigenvalue weighted by molar-refractivity contribution is 8.00. The molecule has 0 bridgehead atoms. The van der Waals surface area contributed by atoms with Crippen LogP contribution >= 0.6 is 46.6 Å². The molecule has 0 aromatic heterocycles. The summed E-state index contributed by atoms with van der Waals surface area (Å²) >= 11 is 20.1. The molecule has 0 saturated carbocycles. The molecular formula is C24H21Cl3F3N3O2S. The summed E-state index contributed by atoms with van der Waals surface area (Å²) in [7, 11) is 0. The average Bonchev–Trinajstić information content (AvgIpc) is 3.20. The smallest absolute Gasteiger partial charge is 0.350 e. The fraction of sp³-hybridized carbons (Fsp3) is 0.375. The van der Waals surface area contributed by atoms with Crippen molar-refractivity contribution in [3.63, 3.8) is 0 Å². The molecule has 0 spiro atoms. The first-order chi connectivity index (χ1) is 16.9. The SMILES string of the molecule is CC1(c2cc(Cl)c(Cl)c(Cl)c2)CN=C(c2ccc(C(=O)NCC(=O)NC3CSC3)c(C(F)(F)F)c2)C1. The number of nitrogens with one attached hydrogen (secondary N) is 2. The van der Waals surface area contributed by atoms with E-state index in [9.17, 15) is 22.8 Å². The van der Waals surface area contributed by atoms with Crippen molar-refractivity contribution in [3.05, 3.63) is 67.7 Å². The number of carbonyl (C=O) groups is 2. The Bertz CT molecular complexity index is 1230. The van der Waals surface area contributed by atoms with Gasteiger partial charge in [-0.1, -0.05) is 47.8 Å². The second-order valence-electron chi connectivity index (χ2n) is 9.00. The number of aliphatic imine (C=N–C) groups is 1. The van der Waals surface area contributed by atoms with E-state index in [0.717, 1.165) is 29.2 Å². The quantitative estimate of drug-likeness (QED) is 0.427. The predicted molar refractivity (Wildman–Crippen MR) is 138 cm³/mol. The molecule has 1 saturated heterocycles. The molecule has 36 heavy (non-hydrogen) atoms. The first-order valence-corrected chi connectivity index (χ1v) is 13.2. The molecule has 1 atom stereocenters. The molecule has 2 aliphatic rings. The molecule has 0 radical (unpaired) electrons. The minimum Gasteiger partial charge on any atom is -0.350 e. The molecule has 2 aliphatic heterocycles. The maximum absolute atomic E-state index is 13.9. The van der Waals surface area contributed by atoms with Gasteiger partial charge in [-0.25, -0.2) is 0 Å². The van der Waals surface area contributed by atoms with E-state index in [-0.39, 0.29) is 26.7 Å². The van der Waals surface area contributed by atoms with Gasteiger partial charge in [0.25, 0.3) is 5.91 Å². The van der Waals surface area contributed by atoms with Gasteiger partial charge in [-0.2, -0.15) is 24.9 Å². The fourth-order valence-corrected chi connectivity index (χ4v) is 5.29. The number of amides is 2.